The van der Waals surface area contributed by atoms with Crippen molar-refractivity contribution >= 4 is 5.91 Å². The zero-order valence-electron chi connectivity index (χ0n) is 15.1. The summed E-state index contributed by atoms with van der Waals surface area (Å²) in [4.78, 5) is 15.1. The number of methoxy groups -OCH3 is 1. The second-order valence-electron chi connectivity index (χ2n) is 7.55. The number of hydrogen-bond donors (Lipinski definition) is 0. The van der Waals surface area contributed by atoms with Gasteiger partial charge in [-0.3, -0.25) is 4.79 Å². The van der Waals surface area contributed by atoms with Crippen molar-refractivity contribution in [3.05, 3.63) is 58.9 Å². The summed E-state index contributed by atoms with van der Waals surface area (Å²) in [6.07, 6.45) is 6.64. The molecule has 1 fully saturated rings. The standard InChI is InChI=1S/C21H26N2O2/c1-22-13-16(14-25-2)12-19(22)20(24)23-11-10-21(15-23)9-5-7-17-6-3-4-8-18(17)21/h3-4,6,8,12-13H,5,7,9-11,14-15H2,1-2H3. The Morgan fingerprint density at radius 3 is 2.96 bits per heavy atom. The molecule has 25 heavy (non-hydrogen) atoms. The van der Waals surface area contributed by atoms with Gasteiger partial charge in [0.1, 0.15) is 5.69 Å². The summed E-state index contributed by atoms with van der Waals surface area (Å²) < 4.78 is 7.12. The highest BCUT2D eigenvalue weighted by atomic mass is 16.5. The summed E-state index contributed by atoms with van der Waals surface area (Å²) in [7, 11) is 3.62. The van der Waals surface area contributed by atoms with E-state index in [1.165, 1.54) is 30.4 Å². The van der Waals surface area contributed by atoms with E-state index in [4.69, 9.17) is 4.74 Å². The summed E-state index contributed by atoms with van der Waals surface area (Å²) >= 11 is 0. The third-order valence-corrected chi connectivity index (χ3v) is 5.92. The lowest BCUT2D eigenvalue weighted by molar-refractivity contribution is 0.0772. The molecule has 1 aromatic heterocycles. The molecule has 1 atom stereocenters. The van der Waals surface area contributed by atoms with Gasteiger partial charge < -0.3 is 14.2 Å². The predicted octanol–water partition coefficient (Wildman–Crippen LogP) is 3.29. The van der Waals surface area contributed by atoms with E-state index >= 15 is 0 Å². The molecule has 4 rings (SSSR count). The molecule has 132 valence electrons. The van der Waals surface area contributed by atoms with Crippen molar-refractivity contribution in [2.75, 3.05) is 20.2 Å². The second-order valence-corrected chi connectivity index (χ2v) is 7.55. The Morgan fingerprint density at radius 1 is 1.28 bits per heavy atom. The first-order chi connectivity index (χ1) is 12.1. The van der Waals surface area contributed by atoms with Gasteiger partial charge in [-0.15, -0.1) is 0 Å². The van der Waals surface area contributed by atoms with Crippen molar-refractivity contribution in [2.24, 2.45) is 7.05 Å². The van der Waals surface area contributed by atoms with E-state index in [-0.39, 0.29) is 11.3 Å². The zero-order valence-corrected chi connectivity index (χ0v) is 15.1. The van der Waals surface area contributed by atoms with Gasteiger partial charge in [-0.2, -0.15) is 0 Å². The number of nitrogens with zero attached hydrogens (tertiary/aromatic N) is 2. The average Bonchev–Trinajstić information content (AvgIpc) is 3.20. The second kappa shape index (κ2) is 6.34. The van der Waals surface area contributed by atoms with Gasteiger partial charge in [0.05, 0.1) is 6.61 Å². The Balaban J connectivity index is 1.58. The van der Waals surface area contributed by atoms with Crippen LogP contribution in [0.2, 0.25) is 0 Å². The van der Waals surface area contributed by atoms with Gasteiger partial charge in [0, 0.05) is 38.9 Å². The first-order valence-corrected chi connectivity index (χ1v) is 9.15. The molecule has 1 amide bonds. The quantitative estimate of drug-likeness (QED) is 0.861. The average molecular weight is 338 g/mol. The molecule has 1 spiro atoms. The fraction of sp³-hybridized carbons (Fsp3) is 0.476. The maximum atomic E-state index is 13.1. The summed E-state index contributed by atoms with van der Waals surface area (Å²) in [6.45, 7) is 2.23. The first-order valence-electron chi connectivity index (χ1n) is 9.15. The van der Waals surface area contributed by atoms with Crippen LogP contribution in [0.4, 0.5) is 0 Å². The summed E-state index contributed by atoms with van der Waals surface area (Å²) in [5.41, 5.74) is 4.91. The third-order valence-electron chi connectivity index (χ3n) is 5.92. The van der Waals surface area contributed by atoms with Crippen molar-refractivity contribution in [1.82, 2.24) is 9.47 Å². The monoisotopic (exact) mass is 338 g/mol. The van der Waals surface area contributed by atoms with E-state index in [9.17, 15) is 4.79 Å². The number of carbonyl (C=O) groups is 1. The smallest absolute Gasteiger partial charge is 0.270 e. The molecular weight excluding hydrogens is 312 g/mol. The van der Waals surface area contributed by atoms with Crippen LogP contribution in [-0.2, 0) is 30.2 Å². The first kappa shape index (κ1) is 16.4. The highest BCUT2D eigenvalue weighted by molar-refractivity contribution is 5.93. The summed E-state index contributed by atoms with van der Waals surface area (Å²) in [5.74, 6) is 0.143. The minimum atomic E-state index is 0.143. The number of likely N-dealkylation sites (tertiary alicyclic amines) is 1. The van der Waals surface area contributed by atoms with Crippen LogP contribution in [0.5, 0.6) is 0 Å². The van der Waals surface area contributed by atoms with Crippen molar-refractivity contribution in [2.45, 2.75) is 37.7 Å². The van der Waals surface area contributed by atoms with Crippen LogP contribution in [0.25, 0.3) is 0 Å². The number of aromatic nitrogens is 1. The van der Waals surface area contributed by atoms with Gasteiger partial charge >= 0.3 is 0 Å². The lowest BCUT2D eigenvalue weighted by atomic mass is 9.69. The van der Waals surface area contributed by atoms with Gasteiger partial charge in [-0.1, -0.05) is 24.3 Å². The van der Waals surface area contributed by atoms with Crippen LogP contribution in [0.3, 0.4) is 0 Å². The number of benzene rings is 1. The number of rotatable bonds is 3. The Morgan fingerprint density at radius 2 is 2.12 bits per heavy atom. The molecule has 0 N–H and O–H groups in total. The van der Waals surface area contributed by atoms with E-state index in [0.29, 0.717) is 6.61 Å². The van der Waals surface area contributed by atoms with E-state index in [2.05, 4.69) is 24.3 Å². The van der Waals surface area contributed by atoms with Crippen molar-refractivity contribution in [3.8, 4) is 0 Å². The SMILES string of the molecule is COCc1cc(C(=O)N2CCC3(CCCc4ccccc43)C2)n(C)c1. The van der Waals surface area contributed by atoms with Crippen LogP contribution in [0.1, 0.15) is 46.4 Å². The Kier molecular flexibility index (Phi) is 4.16. The van der Waals surface area contributed by atoms with Gasteiger partial charge in [0.2, 0.25) is 0 Å². The van der Waals surface area contributed by atoms with Crippen molar-refractivity contribution < 1.29 is 9.53 Å². The number of fused-ring (bicyclic) bond motifs is 2. The van der Waals surface area contributed by atoms with Gasteiger partial charge in [0.15, 0.2) is 0 Å². The molecular formula is C21H26N2O2. The molecule has 1 aromatic carbocycles. The molecule has 1 unspecified atom stereocenters. The van der Waals surface area contributed by atoms with Crippen molar-refractivity contribution in [3.63, 3.8) is 0 Å². The summed E-state index contributed by atoms with van der Waals surface area (Å²) in [5, 5.41) is 0. The van der Waals surface area contributed by atoms with Crippen LogP contribution >= 0.6 is 0 Å². The minimum Gasteiger partial charge on any atom is -0.380 e. The molecule has 2 aliphatic rings. The molecule has 4 nitrogen and oxygen atoms in total. The highest BCUT2D eigenvalue weighted by Gasteiger charge is 2.43. The number of hydrogen-bond acceptors (Lipinski definition) is 2. The minimum absolute atomic E-state index is 0.143. The predicted molar refractivity (Wildman–Crippen MR) is 97.7 cm³/mol. The topological polar surface area (TPSA) is 34.5 Å². The molecule has 0 bridgehead atoms. The highest BCUT2D eigenvalue weighted by Crippen LogP contribution is 2.44. The van der Waals surface area contributed by atoms with E-state index < -0.39 is 0 Å². The maximum Gasteiger partial charge on any atom is 0.270 e. The molecule has 4 heteroatoms. The van der Waals surface area contributed by atoms with Gasteiger partial charge in [-0.05, 0) is 48.4 Å². The molecule has 1 aliphatic heterocycles. The Hall–Kier alpha value is -2.07. The van der Waals surface area contributed by atoms with Crippen LogP contribution < -0.4 is 0 Å². The largest absolute Gasteiger partial charge is 0.380 e. The van der Waals surface area contributed by atoms with Crippen LogP contribution in [-0.4, -0.2) is 35.6 Å². The molecule has 2 aromatic rings. The third kappa shape index (κ3) is 2.78. The zero-order chi connectivity index (χ0) is 17.4. The van der Waals surface area contributed by atoms with E-state index in [0.717, 1.165) is 30.8 Å². The number of ether oxygens (including phenoxy) is 1. The van der Waals surface area contributed by atoms with E-state index in [1.807, 2.05) is 28.8 Å². The van der Waals surface area contributed by atoms with Crippen LogP contribution in [0, 0.1) is 0 Å². The molecule has 1 aliphatic carbocycles. The van der Waals surface area contributed by atoms with Crippen molar-refractivity contribution in [1.29, 1.82) is 0 Å². The molecule has 1 saturated heterocycles. The van der Waals surface area contributed by atoms with Crippen LogP contribution in [0.15, 0.2) is 36.5 Å². The fourth-order valence-electron chi connectivity index (χ4n) is 4.73. The normalized spacial score (nSPS) is 22.4. The number of carbonyl (C=O) groups excluding carboxylic acids is 1. The molecule has 0 saturated carbocycles. The lowest BCUT2D eigenvalue weighted by Crippen LogP contribution is -2.37. The van der Waals surface area contributed by atoms with Gasteiger partial charge in [0.25, 0.3) is 5.91 Å². The maximum absolute atomic E-state index is 13.1. The Bertz CT molecular complexity index is 795. The van der Waals surface area contributed by atoms with E-state index in [1.54, 1.807) is 7.11 Å². The Labute approximate surface area is 149 Å². The molecule has 2 heterocycles. The van der Waals surface area contributed by atoms with Gasteiger partial charge in [-0.25, -0.2) is 0 Å². The number of aryl methyl sites for hydroxylation is 2. The number of amides is 1. The lowest BCUT2D eigenvalue weighted by Gasteiger charge is -2.35. The molecule has 0 radical (unpaired) electrons. The summed E-state index contributed by atoms with van der Waals surface area (Å²) in [6, 6.07) is 10.8. The fourth-order valence-corrected chi connectivity index (χ4v) is 4.73.